The summed E-state index contributed by atoms with van der Waals surface area (Å²) in [5.41, 5.74) is -2.58. The number of nitrogens with one attached hydrogen (secondary N) is 3. The highest BCUT2D eigenvalue weighted by molar-refractivity contribution is 6.01. The van der Waals surface area contributed by atoms with Gasteiger partial charge >= 0.3 is 6.18 Å². The Balaban J connectivity index is 1.31. The summed E-state index contributed by atoms with van der Waals surface area (Å²) in [4.78, 5) is 191. The smallest absolute Gasteiger partial charge is 0.347 e. The third-order valence-electron chi connectivity index (χ3n) is 21.7. The monoisotopic (exact) mass is 1440 g/mol. The molecule has 24 nitrogen and oxygen atoms in total. The molecule has 7 rings (SSSR count). The number of rotatable bonds is 12. The Labute approximate surface area is 595 Å². The van der Waals surface area contributed by atoms with Gasteiger partial charge in [0.2, 0.25) is 70.9 Å². The van der Waals surface area contributed by atoms with Crippen LogP contribution >= 0.6 is 0 Å². The molecule has 3 saturated heterocycles. The molecule has 5 fully saturated rings. The van der Waals surface area contributed by atoms with Crippen LogP contribution in [-0.4, -0.2) is 250 Å². The molecule has 2 aromatic carbocycles. The minimum absolute atomic E-state index is 0.0487. The van der Waals surface area contributed by atoms with Crippen molar-refractivity contribution in [2.45, 2.75) is 224 Å². The Bertz CT molecular complexity index is 3410. The third-order valence-corrected chi connectivity index (χ3v) is 21.7. The van der Waals surface area contributed by atoms with Crippen molar-refractivity contribution in [2.24, 2.45) is 17.8 Å². The van der Waals surface area contributed by atoms with E-state index in [1.807, 2.05) is 39.8 Å². The van der Waals surface area contributed by atoms with Crippen LogP contribution in [0.15, 0.2) is 36.4 Å². The Morgan fingerprint density at radius 3 is 1.82 bits per heavy atom. The summed E-state index contributed by atoms with van der Waals surface area (Å²) in [6.07, 6.45) is -2.62. The summed E-state index contributed by atoms with van der Waals surface area (Å²) in [5.74, 6) is -13.6. The number of hydrogen-bond acceptors (Lipinski definition) is 12. The highest BCUT2D eigenvalue weighted by Crippen LogP contribution is 2.38. The molecular weight excluding hydrogens is 1330 g/mol. The van der Waals surface area contributed by atoms with E-state index in [-0.39, 0.29) is 76.1 Å². The van der Waals surface area contributed by atoms with Crippen LogP contribution in [0.3, 0.4) is 0 Å². The molecule has 2 aromatic rings. The van der Waals surface area contributed by atoms with Crippen LogP contribution in [0.4, 0.5) is 22.0 Å². The molecule has 102 heavy (non-hydrogen) atoms. The lowest BCUT2D eigenvalue weighted by Crippen LogP contribution is -2.65. The number of aryl methyl sites for hydroxylation is 2. The quantitative estimate of drug-likeness (QED) is 0.231. The largest absolute Gasteiger partial charge is 0.422 e. The fourth-order valence-corrected chi connectivity index (χ4v) is 15.1. The van der Waals surface area contributed by atoms with E-state index in [0.717, 1.165) is 15.4 Å². The molecule has 3 heterocycles. The second-order valence-electron chi connectivity index (χ2n) is 29.4. The average molecular weight is 1440 g/mol. The van der Waals surface area contributed by atoms with Crippen molar-refractivity contribution in [3.8, 4) is 0 Å². The molecule has 2 aliphatic carbocycles. The maximum absolute atomic E-state index is 15.6. The van der Waals surface area contributed by atoms with Gasteiger partial charge in [-0.05, 0) is 126 Å². The SMILES string of the molecule is CC[C@H](C)[C@@H]1NC(=O)[C@H](CC(C)C)N(C)C(=O)C[C@@H](C(=O)N(C)C)N(C)C(=O)[C@H](C2CCCC2)N(C)C(=O)C2(CCCC2)NC(=O)C2CCCN2C(=O)[C@H](CCc2cc(F)c(C(F)(F)F)c(F)c2)NC(=O)CN(C)C(=O)[C@H](Cc2ccc(C)cc2)N(CC)C(=O)C2CCN2C(=O)[C@H](C)N(C)C1=O. The Kier molecular flexibility index (Phi) is 27.3. The van der Waals surface area contributed by atoms with Crippen molar-refractivity contribution >= 4 is 70.9 Å². The average Bonchev–Trinajstić information content (AvgIpc) is 1.31. The van der Waals surface area contributed by atoms with Crippen molar-refractivity contribution < 1.29 is 79.5 Å². The molecule has 2 saturated carbocycles. The lowest BCUT2D eigenvalue weighted by atomic mass is 9.90. The van der Waals surface area contributed by atoms with Gasteiger partial charge in [0.15, 0.2) is 0 Å². The van der Waals surface area contributed by atoms with Crippen LogP contribution < -0.4 is 16.0 Å². The van der Waals surface area contributed by atoms with Crippen LogP contribution in [0.1, 0.15) is 160 Å². The number of halogens is 5. The zero-order valence-corrected chi connectivity index (χ0v) is 61.6. The summed E-state index contributed by atoms with van der Waals surface area (Å²) in [6.45, 7) is 11.4. The van der Waals surface area contributed by atoms with E-state index < -0.39 is 192 Å². The van der Waals surface area contributed by atoms with Crippen molar-refractivity contribution in [1.82, 2.24) is 60.0 Å². The first-order valence-electron chi connectivity index (χ1n) is 35.9. The molecule has 3 aliphatic heterocycles. The van der Waals surface area contributed by atoms with Crippen LogP contribution in [0.2, 0.25) is 0 Å². The maximum Gasteiger partial charge on any atom is 0.422 e. The number of hydrogen-bond donors (Lipinski definition) is 3. The van der Waals surface area contributed by atoms with Gasteiger partial charge in [0.1, 0.15) is 77.1 Å². The number of benzene rings is 2. The summed E-state index contributed by atoms with van der Waals surface area (Å²) < 4.78 is 71.5. The second-order valence-corrected chi connectivity index (χ2v) is 29.4. The van der Waals surface area contributed by atoms with Crippen molar-refractivity contribution in [3.63, 3.8) is 0 Å². The number of carbonyl (C=O) groups is 12. The van der Waals surface area contributed by atoms with E-state index in [0.29, 0.717) is 62.6 Å². The van der Waals surface area contributed by atoms with Gasteiger partial charge in [-0.25, -0.2) is 8.78 Å². The molecule has 29 heteroatoms. The normalized spacial score (nSPS) is 26.4. The standard InChI is InChI=1S/C73H105F5N12O12/c1-15-44(6)60-69(100)84(11)45(7)64(95)90-35-31-53(90)68(99)88(16-2)56(39-46-27-25-43(5)26-28-46)67(98)83(10)41-57(91)79-51(30-29-47-37-49(74)59(50(75)38-47)73(76,77)78)65(96)89-34-21-24-52(89)63(94)81-72(32-19-20-33-72)71(102)87(14)61(48-22-17-18-23-48)70(101)86(13)55(66(97)82(8)9)40-58(92)85(12)54(36-42(3)4)62(93)80-60/h25-28,37-38,42,44-45,48,51-56,60-61H,15-24,29-36,39-41H2,1-14H3,(H,79,91)(H,80,93)(H,81,94)/t44-,45-,51-,52?,53?,54-,55-,56-,60-,61-/m0/s1. The minimum Gasteiger partial charge on any atom is -0.347 e. The van der Waals surface area contributed by atoms with E-state index in [9.17, 15) is 41.9 Å². The first-order chi connectivity index (χ1) is 47.9. The highest BCUT2D eigenvalue weighted by Gasteiger charge is 2.52. The van der Waals surface area contributed by atoms with E-state index >= 15 is 37.5 Å². The predicted octanol–water partition coefficient (Wildman–Crippen LogP) is 5.24. The molecule has 3 N–H and O–H groups in total. The number of amides is 12. The molecule has 10 atom stereocenters. The van der Waals surface area contributed by atoms with Crippen molar-refractivity contribution in [2.75, 3.05) is 75.5 Å². The number of carbonyl (C=O) groups excluding carboxylic acids is 12. The molecule has 0 aromatic heterocycles. The van der Waals surface area contributed by atoms with Crippen LogP contribution in [0.5, 0.6) is 0 Å². The fraction of sp³-hybridized carbons (Fsp3) is 0.671. The molecular formula is C73H105F5N12O12. The van der Waals surface area contributed by atoms with E-state index in [1.54, 1.807) is 26.0 Å². The lowest BCUT2D eigenvalue weighted by molar-refractivity contribution is -0.161. The van der Waals surface area contributed by atoms with E-state index in [2.05, 4.69) is 16.0 Å². The van der Waals surface area contributed by atoms with Crippen molar-refractivity contribution in [1.29, 1.82) is 0 Å². The number of fused-ring (bicyclic) bond motifs is 2. The molecule has 564 valence electrons. The van der Waals surface area contributed by atoms with Gasteiger partial charge in [-0.3, -0.25) is 57.5 Å². The maximum atomic E-state index is 15.6. The van der Waals surface area contributed by atoms with E-state index in [4.69, 9.17) is 0 Å². The summed E-state index contributed by atoms with van der Waals surface area (Å²) in [5, 5.41) is 8.52. The molecule has 12 amide bonds. The van der Waals surface area contributed by atoms with Crippen LogP contribution in [0.25, 0.3) is 0 Å². The molecule has 0 radical (unpaired) electrons. The molecule has 5 aliphatic rings. The van der Waals surface area contributed by atoms with Gasteiger partial charge in [0, 0.05) is 75.4 Å². The van der Waals surface area contributed by atoms with Gasteiger partial charge in [-0.15, -0.1) is 0 Å². The predicted molar refractivity (Wildman–Crippen MR) is 368 cm³/mol. The van der Waals surface area contributed by atoms with Crippen LogP contribution in [-0.2, 0) is 76.6 Å². The summed E-state index contributed by atoms with van der Waals surface area (Å²) >= 11 is 0. The van der Waals surface area contributed by atoms with Gasteiger partial charge in [0.25, 0.3) is 0 Å². The Morgan fingerprint density at radius 2 is 1.27 bits per heavy atom. The van der Waals surface area contributed by atoms with Crippen molar-refractivity contribution in [3.05, 3.63) is 70.3 Å². The lowest BCUT2D eigenvalue weighted by Gasteiger charge is -2.45. The molecule has 2 unspecified atom stereocenters. The van der Waals surface area contributed by atoms with E-state index in [1.165, 1.54) is 90.6 Å². The number of likely N-dealkylation sites (N-methyl/N-ethyl adjacent to an activating group) is 7. The minimum atomic E-state index is -5.40. The summed E-state index contributed by atoms with van der Waals surface area (Å²) in [7, 11) is 9.83. The third kappa shape index (κ3) is 18.4. The second kappa shape index (κ2) is 34.3. The first kappa shape index (κ1) is 81.0. The number of alkyl halides is 3. The number of nitrogens with zero attached hydrogens (tertiary/aromatic N) is 9. The Hall–Kier alpha value is -8.27. The van der Waals surface area contributed by atoms with Gasteiger partial charge in [-0.1, -0.05) is 89.6 Å². The zero-order valence-electron chi connectivity index (χ0n) is 61.6. The van der Waals surface area contributed by atoms with Gasteiger partial charge in [-0.2, -0.15) is 13.2 Å². The van der Waals surface area contributed by atoms with Gasteiger partial charge < -0.3 is 60.0 Å². The van der Waals surface area contributed by atoms with Gasteiger partial charge in [0.05, 0.1) is 13.0 Å². The summed E-state index contributed by atoms with van der Waals surface area (Å²) in [6, 6.07) is -3.71. The van der Waals surface area contributed by atoms with Crippen LogP contribution in [0, 0.1) is 36.3 Å². The topological polar surface area (TPSA) is 270 Å². The zero-order chi connectivity index (χ0) is 75.7. The first-order valence-corrected chi connectivity index (χ1v) is 35.9. The molecule has 0 bridgehead atoms. The fourth-order valence-electron chi connectivity index (χ4n) is 15.1. The highest BCUT2D eigenvalue weighted by atomic mass is 19.4. The molecule has 1 spiro atoms. The Morgan fingerprint density at radius 1 is 0.667 bits per heavy atom.